The molecule has 0 aliphatic heterocycles. The second kappa shape index (κ2) is 14.3. The van der Waals surface area contributed by atoms with Crippen LogP contribution in [0.4, 0.5) is 17.1 Å². The molecule has 10 aromatic carbocycles. The highest BCUT2D eigenvalue weighted by molar-refractivity contribution is 6.19. The molecule has 286 valence electrons. The van der Waals surface area contributed by atoms with Gasteiger partial charge in [0.15, 0.2) is 0 Å². The lowest BCUT2D eigenvalue weighted by Gasteiger charge is -2.26. The number of rotatable bonds is 7. The van der Waals surface area contributed by atoms with E-state index in [1.54, 1.807) is 0 Å². The average Bonchev–Trinajstić information content (AvgIpc) is 3.89. The third kappa shape index (κ3) is 5.90. The van der Waals surface area contributed by atoms with Crippen LogP contribution in [0.25, 0.3) is 93.6 Å². The summed E-state index contributed by atoms with van der Waals surface area (Å²) in [5, 5.41) is 6.99. The van der Waals surface area contributed by atoms with E-state index in [2.05, 4.69) is 240 Å². The number of furan rings is 1. The highest BCUT2D eigenvalue weighted by Crippen LogP contribution is 2.45. The van der Waals surface area contributed by atoms with Crippen LogP contribution in [0.2, 0.25) is 0 Å². The Kier molecular flexibility index (Phi) is 8.17. The van der Waals surface area contributed by atoms with Crippen molar-refractivity contribution in [3.63, 3.8) is 0 Å². The molecule has 0 spiro atoms. The zero-order chi connectivity index (χ0) is 40.3. The van der Waals surface area contributed by atoms with E-state index < -0.39 is 0 Å². The van der Waals surface area contributed by atoms with Gasteiger partial charge in [0, 0.05) is 38.6 Å². The summed E-state index contributed by atoms with van der Waals surface area (Å²) < 4.78 is 9.08. The lowest BCUT2D eigenvalue weighted by molar-refractivity contribution is 0.672. The number of hydrogen-bond donors (Lipinski definition) is 0. The zero-order valence-corrected chi connectivity index (χ0v) is 33.2. The highest BCUT2D eigenvalue weighted by atomic mass is 16.3. The summed E-state index contributed by atoms with van der Waals surface area (Å²) in [5.41, 5.74) is 15.6. The topological polar surface area (TPSA) is 21.3 Å². The smallest absolute Gasteiger partial charge is 0.143 e. The molecule has 0 amide bonds. The van der Waals surface area contributed by atoms with E-state index in [0.29, 0.717) is 0 Å². The van der Waals surface area contributed by atoms with Crippen LogP contribution in [0.1, 0.15) is 0 Å². The fourth-order valence-electron chi connectivity index (χ4n) is 9.29. The molecule has 12 aromatic rings. The minimum Gasteiger partial charge on any atom is -0.455 e. The fraction of sp³-hybridized carbons (Fsp3) is 0. The largest absolute Gasteiger partial charge is 0.455 e. The molecule has 3 nitrogen and oxygen atoms in total. The Hall–Kier alpha value is -8.14. The molecule has 0 saturated carbocycles. The number of nitrogens with zero attached hydrogens (tertiary/aromatic N) is 2. The van der Waals surface area contributed by atoms with E-state index in [9.17, 15) is 0 Å². The summed E-state index contributed by atoms with van der Waals surface area (Å²) in [4.78, 5) is 2.37. The lowest BCUT2D eigenvalue weighted by atomic mass is 9.98. The number of hydrogen-bond acceptors (Lipinski definition) is 2. The molecule has 2 aromatic heterocycles. The molecular weight excluding hydrogens is 741 g/mol. The molecule has 61 heavy (non-hydrogen) atoms. The second-order valence-electron chi connectivity index (χ2n) is 15.7. The van der Waals surface area contributed by atoms with Crippen molar-refractivity contribution in [3.05, 3.63) is 231 Å². The fourth-order valence-corrected chi connectivity index (χ4v) is 9.29. The first kappa shape index (κ1) is 34.9. The summed E-state index contributed by atoms with van der Waals surface area (Å²) in [6.45, 7) is 0. The number of benzene rings is 10. The van der Waals surface area contributed by atoms with E-state index in [1.165, 1.54) is 44.1 Å². The van der Waals surface area contributed by atoms with E-state index in [-0.39, 0.29) is 0 Å². The summed E-state index contributed by atoms with van der Waals surface area (Å²) >= 11 is 0. The Balaban J connectivity index is 0.977. The predicted molar refractivity (Wildman–Crippen MR) is 257 cm³/mol. The average molecular weight is 779 g/mol. The maximum atomic E-state index is 6.70. The Labute approximate surface area is 353 Å². The zero-order valence-electron chi connectivity index (χ0n) is 33.2. The number of fused-ring (bicyclic) bond motifs is 8. The van der Waals surface area contributed by atoms with Gasteiger partial charge in [-0.2, -0.15) is 0 Å². The van der Waals surface area contributed by atoms with Gasteiger partial charge in [0.2, 0.25) is 0 Å². The molecule has 12 rings (SSSR count). The summed E-state index contributed by atoms with van der Waals surface area (Å²) in [7, 11) is 0. The van der Waals surface area contributed by atoms with Crippen molar-refractivity contribution in [2.45, 2.75) is 0 Å². The minimum atomic E-state index is 0.863. The molecule has 0 aliphatic rings. The van der Waals surface area contributed by atoms with Crippen LogP contribution in [-0.2, 0) is 0 Å². The Morgan fingerprint density at radius 3 is 1.54 bits per heavy atom. The first-order chi connectivity index (χ1) is 30.2. The summed E-state index contributed by atoms with van der Waals surface area (Å²) in [6, 6.07) is 82.8. The molecule has 0 bridgehead atoms. The van der Waals surface area contributed by atoms with Crippen LogP contribution in [0.5, 0.6) is 0 Å². The van der Waals surface area contributed by atoms with Gasteiger partial charge in [0.1, 0.15) is 11.2 Å². The van der Waals surface area contributed by atoms with E-state index in [1.807, 2.05) is 0 Å². The molecule has 3 heteroatoms. The van der Waals surface area contributed by atoms with Gasteiger partial charge in [-0.15, -0.1) is 0 Å². The van der Waals surface area contributed by atoms with Gasteiger partial charge in [0.05, 0.1) is 22.1 Å². The summed E-state index contributed by atoms with van der Waals surface area (Å²) in [6.07, 6.45) is 0. The van der Waals surface area contributed by atoms with Gasteiger partial charge in [-0.3, -0.25) is 0 Å². The van der Waals surface area contributed by atoms with E-state index >= 15 is 0 Å². The number of anilines is 3. The van der Waals surface area contributed by atoms with Crippen LogP contribution < -0.4 is 4.90 Å². The molecule has 0 saturated heterocycles. The van der Waals surface area contributed by atoms with Crippen LogP contribution in [0, 0.1) is 0 Å². The minimum absolute atomic E-state index is 0.863. The molecule has 0 unspecified atom stereocenters. The van der Waals surface area contributed by atoms with Crippen LogP contribution in [0.3, 0.4) is 0 Å². The van der Waals surface area contributed by atoms with Crippen molar-refractivity contribution in [1.82, 2.24) is 4.57 Å². The summed E-state index contributed by atoms with van der Waals surface area (Å²) in [5.74, 6) is 0. The Bertz CT molecular complexity index is 3520. The quantitative estimate of drug-likeness (QED) is 0.161. The number of para-hydroxylation sites is 2. The molecule has 0 radical (unpaired) electrons. The molecule has 0 aliphatic carbocycles. The van der Waals surface area contributed by atoms with Crippen molar-refractivity contribution in [2.24, 2.45) is 0 Å². The molecule has 0 atom stereocenters. The predicted octanol–water partition coefficient (Wildman–Crippen LogP) is 16.3. The maximum absolute atomic E-state index is 6.70. The van der Waals surface area contributed by atoms with Crippen molar-refractivity contribution in [1.29, 1.82) is 0 Å². The van der Waals surface area contributed by atoms with Crippen LogP contribution >= 0.6 is 0 Å². The molecule has 0 fully saturated rings. The number of aromatic nitrogens is 1. The van der Waals surface area contributed by atoms with Crippen molar-refractivity contribution in [2.75, 3.05) is 4.90 Å². The first-order valence-electron chi connectivity index (χ1n) is 20.8. The third-order valence-electron chi connectivity index (χ3n) is 12.2. The molecule has 0 N–H and O–H groups in total. The van der Waals surface area contributed by atoms with Crippen LogP contribution in [0.15, 0.2) is 235 Å². The molecule has 2 heterocycles. The third-order valence-corrected chi connectivity index (χ3v) is 12.2. The highest BCUT2D eigenvalue weighted by Gasteiger charge is 2.21. The maximum Gasteiger partial charge on any atom is 0.143 e. The lowest BCUT2D eigenvalue weighted by Crippen LogP contribution is -2.10. The van der Waals surface area contributed by atoms with Gasteiger partial charge in [-0.1, -0.05) is 158 Å². The van der Waals surface area contributed by atoms with E-state index in [4.69, 9.17) is 4.42 Å². The van der Waals surface area contributed by atoms with E-state index in [0.717, 1.165) is 66.6 Å². The van der Waals surface area contributed by atoms with Gasteiger partial charge in [-0.05, 0) is 112 Å². The van der Waals surface area contributed by atoms with Gasteiger partial charge < -0.3 is 13.9 Å². The molecular formula is C58H38N2O. The van der Waals surface area contributed by atoms with Gasteiger partial charge in [-0.25, -0.2) is 0 Å². The monoisotopic (exact) mass is 778 g/mol. The second-order valence-corrected chi connectivity index (χ2v) is 15.7. The first-order valence-corrected chi connectivity index (χ1v) is 20.8. The normalized spacial score (nSPS) is 11.6. The van der Waals surface area contributed by atoms with Crippen molar-refractivity contribution < 1.29 is 4.42 Å². The van der Waals surface area contributed by atoms with Gasteiger partial charge in [0.25, 0.3) is 0 Å². The Morgan fingerprint density at radius 1 is 0.344 bits per heavy atom. The van der Waals surface area contributed by atoms with Gasteiger partial charge >= 0.3 is 0 Å². The Morgan fingerprint density at radius 2 is 0.869 bits per heavy atom. The SMILES string of the molecule is c1ccc(-c2cccc(-c3ccc(N(c4ccc(-c5cccc(-n6c7ccccc7c7ccccc76)c5)cc4)c4cccc5oc6c7ccccc7ccc6c45)cc3)c2)cc1. The van der Waals surface area contributed by atoms with Crippen molar-refractivity contribution >= 4 is 71.6 Å². The van der Waals surface area contributed by atoms with Crippen LogP contribution in [-0.4, -0.2) is 4.57 Å². The standard InChI is InChI=1S/C58H38N2O/c1-2-13-39(14-3-1)43-16-10-17-44(37-43)40-27-32-46(33-28-40)59(55-25-12-26-56-57(55)52-36-31-42-15-4-5-20-49(42)58(52)61-56)47-34-29-41(30-35-47)45-18-11-19-48(38-45)60-53-23-8-6-21-50(53)51-22-7-9-24-54(51)60/h1-38H. The van der Waals surface area contributed by atoms with Crippen molar-refractivity contribution in [3.8, 4) is 39.1 Å².